The fourth-order valence-corrected chi connectivity index (χ4v) is 10.3. The molecule has 2 heterocycles. The van der Waals surface area contributed by atoms with Gasteiger partial charge in [0.1, 0.15) is 23.0 Å². The van der Waals surface area contributed by atoms with Crippen LogP contribution in [0.25, 0.3) is 0 Å². The smallest absolute Gasteiger partial charge is 0.255 e. The average Bonchev–Trinajstić information content (AvgIpc) is 4.16. The molecule has 2 saturated carbocycles. The standard InChI is InChI=1S/C50H38N4O8/c55-45(27-8-16-35(17-9-27)53-47(57)41-29-4-5-30(24-29)42(41)48(53)58)51-33-12-20-37(21-13-33)61-39-2-1-3-40(26-39)62-38-22-14-34(15-23-38)52-46(56)28-10-18-36(19-11-28)54-49(59)43-31-6-7-32(25-31)44(43)50(54)60/h1-23,26,29-32,41-44H,24-25H2,(H,51,55)(H,52,56)/t29-,30-,31-,32-,41-,42-,43-,44+/m0/s1. The Labute approximate surface area is 355 Å². The maximum absolute atomic E-state index is 13.2. The molecule has 8 atom stereocenters. The Kier molecular flexibility index (Phi) is 8.78. The Morgan fingerprint density at radius 2 is 0.774 bits per heavy atom. The Hall–Kier alpha value is -7.60. The molecular formula is C50H38N4O8. The maximum Gasteiger partial charge on any atom is 0.255 e. The third kappa shape index (κ3) is 6.29. The minimum Gasteiger partial charge on any atom is -0.457 e. The van der Waals surface area contributed by atoms with Crippen LogP contribution >= 0.6 is 0 Å². The third-order valence-corrected chi connectivity index (χ3v) is 13.2. The van der Waals surface area contributed by atoms with Crippen LogP contribution in [0.15, 0.2) is 146 Å². The van der Waals surface area contributed by atoms with Gasteiger partial charge in [0.05, 0.1) is 35.0 Å². The molecule has 2 saturated heterocycles. The van der Waals surface area contributed by atoms with E-state index in [1.807, 2.05) is 0 Å². The number of amides is 6. The van der Waals surface area contributed by atoms with E-state index in [2.05, 4.69) is 34.9 Å². The fourth-order valence-electron chi connectivity index (χ4n) is 10.3. The van der Waals surface area contributed by atoms with Gasteiger partial charge in [0.25, 0.3) is 11.8 Å². The largest absolute Gasteiger partial charge is 0.457 e. The van der Waals surface area contributed by atoms with E-state index in [0.717, 1.165) is 12.8 Å². The molecule has 306 valence electrons. The van der Waals surface area contributed by atoms with Crippen LogP contribution in [0.3, 0.4) is 0 Å². The monoisotopic (exact) mass is 822 g/mol. The summed E-state index contributed by atoms with van der Waals surface area (Å²) in [5, 5.41) is 5.75. The van der Waals surface area contributed by atoms with Crippen molar-refractivity contribution in [1.29, 1.82) is 0 Å². The van der Waals surface area contributed by atoms with Crippen molar-refractivity contribution < 1.29 is 38.2 Å². The SMILES string of the molecule is O=C(Nc1ccc(Oc2cccc(Oc3ccc(NC(=O)c4ccc(N5C(=O)[C@@H]6[C@H](C5=O)[C@H]5C=C[C@H]6C5)cc4)cc3)c2)cc1)c1ccc(N2C(=O)[C@@H]3[C@@H](C2=O)[C@H]2C=C[C@H]3C2)cc1. The molecule has 0 aromatic heterocycles. The lowest BCUT2D eigenvalue weighted by Crippen LogP contribution is -2.32. The molecule has 62 heavy (non-hydrogen) atoms. The Morgan fingerprint density at radius 3 is 1.11 bits per heavy atom. The zero-order valence-corrected chi connectivity index (χ0v) is 33.0. The van der Waals surface area contributed by atoms with E-state index in [-0.39, 0.29) is 82.8 Å². The van der Waals surface area contributed by atoms with Crippen molar-refractivity contribution >= 4 is 58.2 Å². The van der Waals surface area contributed by atoms with Crippen LogP contribution in [0.5, 0.6) is 23.0 Å². The number of ether oxygens (including phenoxy) is 2. The van der Waals surface area contributed by atoms with Crippen molar-refractivity contribution in [2.45, 2.75) is 12.8 Å². The van der Waals surface area contributed by atoms with Gasteiger partial charge in [-0.05, 0) is 146 Å². The lowest BCUT2D eigenvalue weighted by molar-refractivity contribution is -0.124. The topological polar surface area (TPSA) is 151 Å². The van der Waals surface area contributed by atoms with Crippen molar-refractivity contribution in [2.75, 3.05) is 20.4 Å². The van der Waals surface area contributed by atoms with Gasteiger partial charge in [-0.25, -0.2) is 0 Å². The van der Waals surface area contributed by atoms with E-state index in [1.54, 1.807) is 121 Å². The van der Waals surface area contributed by atoms with Crippen LogP contribution in [0.4, 0.5) is 22.7 Å². The molecule has 6 amide bonds. The second-order valence-corrected chi connectivity index (χ2v) is 16.8. The Bertz CT molecular complexity index is 2520. The highest BCUT2D eigenvalue weighted by atomic mass is 16.5. The highest BCUT2D eigenvalue weighted by Gasteiger charge is 2.60. The number of nitrogens with zero attached hydrogens (tertiary/aromatic N) is 2. The second-order valence-electron chi connectivity index (χ2n) is 16.8. The molecule has 0 radical (unpaired) electrons. The first-order valence-electron chi connectivity index (χ1n) is 20.8. The molecule has 0 unspecified atom stereocenters. The summed E-state index contributed by atoms with van der Waals surface area (Å²) >= 11 is 0. The number of rotatable bonds is 10. The van der Waals surface area contributed by atoms with Crippen molar-refractivity contribution in [3.63, 3.8) is 0 Å². The summed E-state index contributed by atoms with van der Waals surface area (Å²) in [4.78, 5) is 81.4. The van der Waals surface area contributed by atoms with Crippen LogP contribution in [0.1, 0.15) is 33.6 Å². The van der Waals surface area contributed by atoms with Gasteiger partial charge in [0.15, 0.2) is 0 Å². The number of hydrogen-bond acceptors (Lipinski definition) is 8. The first kappa shape index (κ1) is 37.4. The molecule has 4 fully saturated rings. The molecule has 4 bridgehead atoms. The van der Waals surface area contributed by atoms with Gasteiger partial charge >= 0.3 is 0 Å². The zero-order valence-electron chi connectivity index (χ0n) is 33.0. The summed E-state index contributed by atoms with van der Waals surface area (Å²) in [6.45, 7) is 0. The Balaban J connectivity index is 0.665. The number of fused-ring (bicyclic) bond motifs is 10. The van der Waals surface area contributed by atoms with E-state index < -0.39 is 0 Å². The molecule has 2 aliphatic heterocycles. The summed E-state index contributed by atoms with van der Waals surface area (Å²) < 4.78 is 12.1. The molecule has 12 heteroatoms. The number of carbonyl (C=O) groups is 6. The lowest BCUT2D eigenvalue weighted by Gasteiger charge is -2.17. The van der Waals surface area contributed by atoms with Crippen molar-refractivity contribution in [1.82, 2.24) is 0 Å². The summed E-state index contributed by atoms with van der Waals surface area (Å²) in [6.07, 6.45) is 10.00. The molecule has 11 rings (SSSR count). The normalized spacial score (nSPS) is 26.0. The lowest BCUT2D eigenvalue weighted by atomic mass is 9.85. The summed E-state index contributed by atoms with van der Waals surface area (Å²) in [7, 11) is 0. The molecular weight excluding hydrogens is 785 g/mol. The number of nitrogens with one attached hydrogen (secondary N) is 2. The van der Waals surface area contributed by atoms with E-state index in [0.29, 0.717) is 56.9 Å². The quantitative estimate of drug-likeness (QED) is 0.105. The second kappa shape index (κ2) is 14.5. The summed E-state index contributed by atoms with van der Waals surface area (Å²) in [5.74, 6) is 0.237. The number of benzene rings is 5. The van der Waals surface area contributed by atoms with Gasteiger partial charge in [0.2, 0.25) is 23.6 Å². The van der Waals surface area contributed by atoms with Gasteiger partial charge in [0, 0.05) is 28.6 Å². The van der Waals surface area contributed by atoms with E-state index in [9.17, 15) is 28.8 Å². The number of anilines is 4. The molecule has 4 aliphatic carbocycles. The molecule has 5 aromatic rings. The first-order valence-corrected chi connectivity index (χ1v) is 20.8. The summed E-state index contributed by atoms with van der Waals surface area (Å²) in [5.41, 5.74) is 2.84. The number of carbonyl (C=O) groups excluding carboxylic acids is 6. The van der Waals surface area contributed by atoms with E-state index >= 15 is 0 Å². The van der Waals surface area contributed by atoms with Crippen LogP contribution in [-0.4, -0.2) is 35.4 Å². The zero-order chi connectivity index (χ0) is 42.2. The van der Waals surface area contributed by atoms with Gasteiger partial charge in [-0.2, -0.15) is 0 Å². The predicted molar refractivity (Wildman–Crippen MR) is 229 cm³/mol. The van der Waals surface area contributed by atoms with Crippen LogP contribution < -0.4 is 29.9 Å². The molecule has 2 N–H and O–H groups in total. The third-order valence-electron chi connectivity index (χ3n) is 13.2. The van der Waals surface area contributed by atoms with E-state index in [1.165, 1.54) is 9.80 Å². The molecule has 0 spiro atoms. The van der Waals surface area contributed by atoms with Crippen LogP contribution in [0, 0.1) is 47.3 Å². The minimum atomic E-state index is -0.337. The first-order chi connectivity index (χ1) is 30.2. The number of allylic oxidation sites excluding steroid dienone is 4. The molecule has 6 aliphatic rings. The van der Waals surface area contributed by atoms with E-state index in [4.69, 9.17) is 9.47 Å². The average molecular weight is 823 g/mol. The highest BCUT2D eigenvalue weighted by Crippen LogP contribution is 2.54. The summed E-state index contributed by atoms with van der Waals surface area (Å²) in [6, 6.07) is 34.0. The van der Waals surface area contributed by atoms with Crippen molar-refractivity contribution in [2.24, 2.45) is 47.3 Å². The minimum absolute atomic E-state index is 0.131. The maximum atomic E-state index is 13.2. The molecule has 12 nitrogen and oxygen atoms in total. The van der Waals surface area contributed by atoms with Crippen LogP contribution in [0.2, 0.25) is 0 Å². The van der Waals surface area contributed by atoms with Gasteiger partial charge < -0.3 is 20.1 Å². The van der Waals surface area contributed by atoms with Gasteiger partial charge in [-0.3, -0.25) is 38.6 Å². The van der Waals surface area contributed by atoms with Gasteiger partial charge in [-0.1, -0.05) is 30.4 Å². The predicted octanol–water partition coefficient (Wildman–Crippen LogP) is 8.40. The number of hydrogen-bond donors (Lipinski definition) is 2. The van der Waals surface area contributed by atoms with Crippen molar-refractivity contribution in [3.05, 3.63) is 157 Å². The van der Waals surface area contributed by atoms with Crippen molar-refractivity contribution in [3.8, 4) is 23.0 Å². The Morgan fingerprint density at radius 1 is 0.435 bits per heavy atom. The fraction of sp³-hybridized carbons (Fsp3) is 0.200. The number of imide groups is 2. The van der Waals surface area contributed by atoms with Gasteiger partial charge in [-0.15, -0.1) is 0 Å². The van der Waals surface area contributed by atoms with Crippen LogP contribution in [-0.2, 0) is 19.2 Å². The highest BCUT2D eigenvalue weighted by molar-refractivity contribution is 6.24. The molecule has 5 aromatic carbocycles.